The van der Waals surface area contributed by atoms with E-state index in [-0.39, 0.29) is 5.91 Å². The Morgan fingerprint density at radius 2 is 1.70 bits per heavy atom. The molecule has 9 heteroatoms. The van der Waals surface area contributed by atoms with E-state index in [9.17, 15) is 9.59 Å². The Labute approximate surface area is 173 Å². The van der Waals surface area contributed by atoms with E-state index in [1.54, 1.807) is 54.4 Å². The number of hydrogen-bond acceptors (Lipinski definition) is 8. The van der Waals surface area contributed by atoms with Gasteiger partial charge in [-0.25, -0.2) is 14.8 Å². The van der Waals surface area contributed by atoms with E-state index in [0.717, 1.165) is 5.69 Å². The molecule has 0 saturated carbocycles. The lowest BCUT2D eigenvalue weighted by Crippen LogP contribution is -2.18. The summed E-state index contributed by atoms with van der Waals surface area (Å²) in [5.41, 5.74) is 9.04. The van der Waals surface area contributed by atoms with Crippen molar-refractivity contribution in [3.63, 3.8) is 0 Å². The molecule has 0 fully saturated rings. The van der Waals surface area contributed by atoms with E-state index < -0.39 is 5.97 Å². The standard InChI is InChI=1S/C21H22N6O3/c1-13(28)25-14-8-10-15(11-9-14)26-19-18(22)20(24-12-23-19)27(2)17-7-5-4-6-16(17)21(29)30-3/h4-12H,22H2,1-3H3,(H,25,28)(H,23,24,26). The first kappa shape index (κ1) is 20.6. The zero-order chi connectivity index (χ0) is 21.7. The molecule has 9 nitrogen and oxygen atoms in total. The third kappa shape index (κ3) is 4.46. The minimum absolute atomic E-state index is 0.143. The number of rotatable bonds is 6. The van der Waals surface area contributed by atoms with Gasteiger partial charge in [-0.05, 0) is 36.4 Å². The zero-order valence-electron chi connectivity index (χ0n) is 16.8. The Morgan fingerprint density at radius 1 is 1.03 bits per heavy atom. The molecule has 0 radical (unpaired) electrons. The number of nitrogen functional groups attached to an aromatic ring is 1. The molecule has 1 heterocycles. The molecule has 1 amide bonds. The number of anilines is 6. The van der Waals surface area contributed by atoms with Crippen molar-refractivity contribution in [1.82, 2.24) is 9.97 Å². The Balaban J connectivity index is 1.88. The Kier molecular flexibility index (Phi) is 6.11. The van der Waals surface area contributed by atoms with Crippen LogP contribution in [0.25, 0.3) is 0 Å². The van der Waals surface area contributed by atoms with Crippen molar-refractivity contribution in [1.29, 1.82) is 0 Å². The minimum Gasteiger partial charge on any atom is -0.465 e. The van der Waals surface area contributed by atoms with Crippen LogP contribution >= 0.6 is 0 Å². The minimum atomic E-state index is -0.456. The van der Waals surface area contributed by atoms with Gasteiger partial charge in [-0.2, -0.15) is 0 Å². The molecule has 3 rings (SSSR count). The number of hydrogen-bond donors (Lipinski definition) is 3. The zero-order valence-corrected chi connectivity index (χ0v) is 16.8. The van der Waals surface area contributed by atoms with Gasteiger partial charge in [0.1, 0.15) is 12.0 Å². The van der Waals surface area contributed by atoms with Gasteiger partial charge in [0.15, 0.2) is 11.6 Å². The lowest BCUT2D eigenvalue weighted by Gasteiger charge is -2.23. The van der Waals surface area contributed by atoms with Crippen LogP contribution in [0.1, 0.15) is 17.3 Å². The van der Waals surface area contributed by atoms with Crippen LogP contribution in [0.2, 0.25) is 0 Å². The normalized spacial score (nSPS) is 10.2. The number of para-hydroxylation sites is 1. The Morgan fingerprint density at radius 3 is 2.37 bits per heavy atom. The second-order valence-corrected chi connectivity index (χ2v) is 6.41. The summed E-state index contributed by atoms with van der Waals surface area (Å²) in [6, 6.07) is 14.1. The fourth-order valence-corrected chi connectivity index (χ4v) is 2.89. The van der Waals surface area contributed by atoms with Crippen LogP contribution < -0.4 is 21.3 Å². The van der Waals surface area contributed by atoms with Crippen LogP contribution in [0.15, 0.2) is 54.9 Å². The average molecular weight is 406 g/mol. The molecule has 1 aromatic heterocycles. The van der Waals surface area contributed by atoms with Gasteiger partial charge in [0.25, 0.3) is 0 Å². The van der Waals surface area contributed by atoms with E-state index >= 15 is 0 Å². The summed E-state index contributed by atoms with van der Waals surface area (Å²) in [6.07, 6.45) is 1.39. The number of benzene rings is 2. The Hall–Kier alpha value is -4.14. The number of nitrogens with one attached hydrogen (secondary N) is 2. The summed E-state index contributed by atoms with van der Waals surface area (Å²) in [5, 5.41) is 5.85. The van der Waals surface area contributed by atoms with Gasteiger partial charge in [-0.15, -0.1) is 0 Å². The lowest BCUT2D eigenvalue weighted by atomic mass is 10.1. The van der Waals surface area contributed by atoms with Gasteiger partial charge in [0, 0.05) is 25.3 Å². The molecular weight excluding hydrogens is 384 g/mol. The Bertz CT molecular complexity index is 1070. The van der Waals surface area contributed by atoms with E-state index in [4.69, 9.17) is 10.5 Å². The van der Waals surface area contributed by atoms with Crippen LogP contribution in [-0.2, 0) is 9.53 Å². The SMILES string of the molecule is COC(=O)c1ccccc1N(C)c1ncnc(Nc2ccc(NC(C)=O)cc2)c1N. The summed E-state index contributed by atoms with van der Waals surface area (Å²) in [4.78, 5) is 33.5. The molecular formula is C21H22N6O3. The summed E-state index contributed by atoms with van der Waals surface area (Å²) >= 11 is 0. The molecule has 2 aromatic carbocycles. The highest BCUT2D eigenvalue weighted by atomic mass is 16.5. The third-order valence-electron chi connectivity index (χ3n) is 4.32. The number of nitrogens with zero attached hydrogens (tertiary/aromatic N) is 3. The van der Waals surface area contributed by atoms with Gasteiger partial charge < -0.3 is 26.0 Å². The average Bonchev–Trinajstić information content (AvgIpc) is 2.75. The number of carbonyl (C=O) groups excluding carboxylic acids is 2. The molecule has 0 unspecified atom stereocenters. The molecule has 3 aromatic rings. The number of methoxy groups -OCH3 is 1. The van der Waals surface area contributed by atoms with E-state index in [1.807, 2.05) is 6.07 Å². The van der Waals surface area contributed by atoms with Crippen molar-refractivity contribution in [3.05, 3.63) is 60.4 Å². The van der Waals surface area contributed by atoms with Crippen LogP contribution in [0.3, 0.4) is 0 Å². The number of aromatic nitrogens is 2. The van der Waals surface area contributed by atoms with Crippen molar-refractivity contribution in [2.75, 3.05) is 35.4 Å². The fraction of sp³-hybridized carbons (Fsp3) is 0.143. The molecule has 0 spiro atoms. The molecule has 30 heavy (non-hydrogen) atoms. The number of ether oxygens (including phenoxy) is 1. The van der Waals surface area contributed by atoms with Crippen molar-refractivity contribution in [3.8, 4) is 0 Å². The van der Waals surface area contributed by atoms with E-state index in [2.05, 4.69) is 20.6 Å². The van der Waals surface area contributed by atoms with Crippen LogP contribution in [0, 0.1) is 0 Å². The monoisotopic (exact) mass is 406 g/mol. The van der Waals surface area contributed by atoms with Crippen molar-refractivity contribution >= 4 is 46.3 Å². The maximum atomic E-state index is 12.1. The van der Waals surface area contributed by atoms with Crippen molar-refractivity contribution in [2.45, 2.75) is 6.92 Å². The largest absolute Gasteiger partial charge is 0.465 e. The number of amides is 1. The van der Waals surface area contributed by atoms with Crippen LogP contribution in [0.5, 0.6) is 0 Å². The molecule has 0 atom stereocenters. The van der Waals surface area contributed by atoms with Crippen LogP contribution in [-0.4, -0.2) is 36.0 Å². The van der Waals surface area contributed by atoms with Gasteiger partial charge in [0.05, 0.1) is 18.4 Å². The topological polar surface area (TPSA) is 122 Å². The van der Waals surface area contributed by atoms with Gasteiger partial charge >= 0.3 is 5.97 Å². The number of esters is 1. The fourth-order valence-electron chi connectivity index (χ4n) is 2.89. The molecule has 0 bridgehead atoms. The van der Waals surface area contributed by atoms with Crippen molar-refractivity contribution < 1.29 is 14.3 Å². The smallest absolute Gasteiger partial charge is 0.339 e. The molecule has 0 saturated heterocycles. The predicted octanol–water partition coefficient (Wildman–Crippen LogP) is 3.32. The second kappa shape index (κ2) is 8.91. The summed E-state index contributed by atoms with van der Waals surface area (Å²) < 4.78 is 4.86. The van der Waals surface area contributed by atoms with Gasteiger partial charge in [-0.1, -0.05) is 12.1 Å². The third-order valence-corrected chi connectivity index (χ3v) is 4.32. The van der Waals surface area contributed by atoms with Crippen molar-refractivity contribution in [2.24, 2.45) is 0 Å². The summed E-state index contributed by atoms with van der Waals surface area (Å²) in [6.45, 7) is 1.45. The predicted molar refractivity (Wildman–Crippen MR) is 116 cm³/mol. The first-order valence-corrected chi connectivity index (χ1v) is 9.07. The highest BCUT2D eigenvalue weighted by molar-refractivity contribution is 5.97. The quantitative estimate of drug-likeness (QED) is 0.533. The molecule has 154 valence electrons. The molecule has 0 aliphatic carbocycles. The van der Waals surface area contributed by atoms with Gasteiger partial charge in [-0.3, -0.25) is 4.79 Å². The highest BCUT2D eigenvalue weighted by Gasteiger charge is 2.19. The lowest BCUT2D eigenvalue weighted by molar-refractivity contribution is -0.114. The van der Waals surface area contributed by atoms with Crippen LogP contribution in [0.4, 0.5) is 34.4 Å². The maximum Gasteiger partial charge on any atom is 0.339 e. The number of nitrogens with two attached hydrogens (primary N) is 1. The highest BCUT2D eigenvalue weighted by Crippen LogP contribution is 2.33. The number of carbonyl (C=O) groups is 2. The first-order valence-electron chi connectivity index (χ1n) is 9.07. The van der Waals surface area contributed by atoms with Gasteiger partial charge in [0.2, 0.25) is 5.91 Å². The molecule has 0 aliphatic heterocycles. The summed E-state index contributed by atoms with van der Waals surface area (Å²) in [5.74, 6) is 0.242. The first-order chi connectivity index (χ1) is 14.4. The molecule has 4 N–H and O–H groups in total. The second-order valence-electron chi connectivity index (χ2n) is 6.41. The van der Waals surface area contributed by atoms with E-state index in [1.165, 1.54) is 20.4 Å². The maximum absolute atomic E-state index is 12.1. The van der Waals surface area contributed by atoms with E-state index in [0.29, 0.717) is 34.3 Å². The summed E-state index contributed by atoms with van der Waals surface area (Å²) in [7, 11) is 3.09. The molecule has 0 aliphatic rings.